The second-order valence-corrected chi connectivity index (χ2v) is 7.92. The number of carbonyl (C=O) groups is 2. The first-order valence-electron chi connectivity index (χ1n) is 10.3. The van der Waals surface area contributed by atoms with Gasteiger partial charge in [-0.1, -0.05) is 36.6 Å². The molecule has 4 heteroatoms. The lowest BCUT2D eigenvalue weighted by Gasteiger charge is -2.18. The number of aliphatic hydroxyl groups is 1. The van der Waals surface area contributed by atoms with Crippen molar-refractivity contribution in [3.8, 4) is 0 Å². The number of carboxylic acid groups (broad SMARTS) is 1. The standard InChI is InChI=1S/C22H34O4/c23-13-9-5-3-1-2-4-6-11-19-20-15-17(10-7-8-12-22(25)26)14-18(20)16-21(19)24/h6,11,13-14,18-21,24H,1-5,7-10,12,15-16H2,(H,25,26)/t18-,19+,20-,21+/m1/s1. The van der Waals surface area contributed by atoms with Crippen LogP contribution in [0.2, 0.25) is 0 Å². The molecular formula is C22H34O4. The van der Waals surface area contributed by atoms with Crippen LogP contribution in [0.15, 0.2) is 23.8 Å². The first kappa shape index (κ1) is 20.9. The second kappa shape index (κ2) is 11.3. The van der Waals surface area contributed by atoms with Gasteiger partial charge in [0.25, 0.3) is 0 Å². The Morgan fingerprint density at radius 3 is 2.62 bits per heavy atom. The maximum absolute atomic E-state index is 10.6. The summed E-state index contributed by atoms with van der Waals surface area (Å²) in [5, 5.41) is 19.1. The van der Waals surface area contributed by atoms with Gasteiger partial charge in [-0.3, -0.25) is 4.79 Å². The quantitative estimate of drug-likeness (QED) is 0.284. The number of rotatable bonds is 13. The highest BCUT2D eigenvalue weighted by Gasteiger charge is 2.42. The molecule has 0 heterocycles. The summed E-state index contributed by atoms with van der Waals surface area (Å²) in [5.74, 6) is 0.586. The highest BCUT2D eigenvalue weighted by atomic mass is 16.4. The fourth-order valence-corrected chi connectivity index (χ4v) is 4.52. The molecule has 4 nitrogen and oxygen atoms in total. The average Bonchev–Trinajstić information content (AvgIpc) is 3.11. The van der Waals surface area contributed by atoms with E-state index >= 15 is 0 Å². The Bertz CT molecular complexity index is 508. The van der Waals surface area contributed by atoms with Crippen LogP contribution in [0.5, 0.6) is 0 Å². The minimum atomic E-state index is -0.709. The van der Waals surface area contributed by atoms with Crippen molar-refractivity contribution in [1.29, 1.82) is 0 Å². The Labute approximate surface area is 157 Å². The summed E-state index contributed by atoms with van der Waals surface area (Å²) in [4.78, 5) is 20.9. The van der Waals surface area contributed by atoms with Gasteiger partial charge >= 0.3 is 5.97 Å². The van der Waals surface area contributed by atoms with Gasteiger partial charge in [-0.15, -0.1) is 0 Å². The Morgan fingerprint density at radius 1 is 1.12 bits per heavy atom. The molecule has 146 valence electrons. The third kappa shape index (κ3) is 6.71. The molecule has 0 saturated heterocycles. The fourth-order valence-electron chi connectivity index (χ4n) is 4.52. The van der Waals surface area contributed by atoms with E-state index < -0.39 is 5.97 Å². The number of aldehydes is 1. The molecule has 2 N–H and O–H groups in total. The zero-order valence-corrected chi connectivity index (χ0v) is 15.8. The van der Waals surface area contributed by atoms with Crippen LogP contribution in [-0.4, -0.2) is 28.6 Å². The molecule has 0 unspecified atom stereocenters. The summed E-state index contributed by atoms with van der Waals surface area (Å²) < 4.78 is 0. The van der Waals surface area contributed by atoms with Crippen molar-refractivity contribution in [1.82, 2.24) is 0 Å². The van der Waals surface area contributed by atoms with Gasteiger partial charge in [0.05, 0.1) is 6.10 Å². The number of aliphatic hydroxyl groups excluding tert-OH is 1. The van der Waals surface area contributed by atoms with Gasteiger partial charge in [-0.05, 0) is 63.2 Å². The Hall–Kier alpha value is -1.42. The van der Waals surface area contributed by atoms with Gasteiger partial charge in [0.15, 0.2) is 0 Å². The highest BCUT2D eigenvalue weighted by Crippen LogP contribution is 2.48. The molecule has 2 aliphatic rings. The van der Waals surface area contributed by atoms with Crippen molar-refractivity contribution in [3.63, 3.8) is 0 Å². The van der Waals surface area contributed by atoms with E-state index in [0.717, 1.165) is 64.1 Å². The van der Waals surface area contributed by atoms with Crippen molar-refractivity contribution < 1.29 is 19.8 Å². The van der Waals surface area contributed by atoms with Crippen molar-refractivity contribution in [3.05, 3.63) is 23.8 Å². The van der Waals surface area contributed by atoms with Crippen molar-refractivity contribution in [2.24, 2.45) is 17.8 Å². The maximum Gasteiger partial charge on any atom is 0.303 e. The van der Waals surface area contributed by atoms with Crippen molar-refractivity contribution in [2.75, 3.05) is 0 Å². The molecular weight excluding hydrogens is 328 g/mol. The first-order chi connectivity index (χ1) is 12.6. The number of aliphatic carboxylic acids is 1. The summed E-state index contributed by atoms with van der Waals surface area (Å²) in [6.07, 6.45) is 18.7. The van der Waals surface area contributed by atoms with E-state index in [2.05, 4.69) is 18.2 Å². The summed E-state index contributed by atoms with van der Waals surface area (Å²) >= 11 is 0. The molecule has 0 aromatic carbocycles. The molecule has 0 aromatic heterocycles. The van der Waals surface area contributed by atoms with Crippen LogP contribution in [-0.2, 0) is 9.59 Å². The Kier molecular flexibility index (Phi) is 9.10. The molecule has 4 atom stereocenters. The number of allylic oxidation sites excluding steroid dienone is 3. The molecule has 2 aliphatic carbocycles. The fraction of sp³-hybridized carbons (Fsp3) is 0.727. The molecule has 1 saturated carbocycles. The predicted molar refractivity (Wildman–Crippen MR) is 103 cm³/mol. The molecule has 0 aliphatic heterocycles. The van der Waals surface area contributed by atoms with Gasteiger partial charge in [0.1, 0.15) is 6.29 Å². The van der Waals surface area contributed by atoms with E-state index in [1.807, 2.05) is 0 Å². The first-order valence-corrected chi connectivity index (χ1v) is 10.3. The number of unbranched alkanes of at least 4 members (excludes halogenated alkanes) is 6. The Balaban J connectivity index is 1.67. The number of fused-ring (bicyclic) bond motifs is 1. The van der Waals surface area contributed by atoms with Crippen molar-refractivity contribution >= 4 is 12.3 Å². The van der Waals surface area contributed by atoms with Gasteiger partial charge in [-0.25, -0.2) is 0 Å². The van der Waals surface area contributed by atoms with Gasteiger partial charge < -0.3 is 15.0 Å². The molecule has 0 radical (unpaired) electrons. The normalized spacial score (nSPS) is 27.7. The van der Waals surface area contributed by atoms with Crippen LogP contribution < -0.4 is 0 Å². The lowest BCUT2D eigenvalue weighted by molar-refractivity contribution is -0.137. The predicted octanol–water partition coefficient (Wildman–Crippen LogP) is 4.67. The maximum atomic E-state index is 10.6. The van der Waals surface area contributed by atoms with Crippen LogP contribution in [0.4, 0.5) is 0 Å². The minimum Gasteiger partial charge on any atom is -0.481 e. The summed E-state index contributed by atoms with van der Waals surface area (Å²) in [5.41, 5.74) is 1.46. The lowest BCUT2D eigenvalue weighted by Crippen LogP contribution is -2.17. The number of hydrogen-bond donors (Lipinski definition) is 2. The number of carboxylic acids is 1. The van der Waals surface area contributed by atoms with E-state index in [1.54, 1.807) is 0 Å². The van der Waals surface area contributed by atoms with Crippen LogP contribution in [0.1, 0.15) is 77.0 Å². The van der Waals surface area contributed by atoms with E-state index in [0.29, 0.717) is 18.3 Å². The monoisotopic (exact) mass is 362 g/mol. The van der Waals surface area contributed by atoms with Crippen molar-refractivity contribution in [2.45, 2.75) is 83.2 Å². The molecule has 0 spiro atoms. The summed E-state index contributed by atoms with van der Waals surface area (Å²) in [6.45, 7) is 0. The van der Waals surface area contributed by atoms with Crippen LogP contribution in [0, 0.1) is 17.8 Å². The minimum absolute atomic E-state index is 0.223. The van der Waals surface area contributed by atoms with Crippen LogP contribution in [0.25, 0.3) is 0 Å². The van der Waals surface area contributed by atoms with E-state index in [4.69, 9.17) is 5.11 Å². The Morgan fingerprint density at radius 2 is 1.88 bits per heavy atom. The second-order valence-electron chi connectivity index (χ2n) is 7.92. The zero-order valence-electron chi connectivity index (χ0n) is 15.8. The number of carbonyl (C=O) groups excluding carboxylic acids is 1. The van der Waals surface area contributed by atoms with E-state index in [1.165, 1.54) is 12.0 Å². The molecule has 26 heavy (non-hydrogen) atoms. The summed E-state index contributed by atoms with van der Waals surface area (Å²) in [6, 6.07) is 0. The molecule has 2 rings (SSSR count). The molecule has 0 amide bonds. The van der Waals surface area contributed by atoms with Gasteiger partial charge in [0.2, 0.25) is 0 Å². The third-order valence-corrected chi connectivity index (χ3v) is 5.89. The summed E-state index contributed by atoms with van der Waals surface area (Å²) in [7, 11) is 0. The number of hydrogen-bond acceptors (Lipinski definition) is 3. The zero-order chi connectivity index (χ0) is 18.8. The highest BCUT2D eigenvalue weighted by molar-refractivity contribution is 5.66. The van der Waals surface area contributed by atoms with E-state index in [9.17, 15) is 14.7 Å². The molecule has 1 fully saturated rings. The van der Waals surface area contributed by atoms with E-state index in [-0.39, 0.29) is 18.4 Å². The largest absolute Gasteiger partial charge is 0.481 e. The third-order valence-electron chi connectivity index (χ3n) is 5.89. The average molecular weight is 363 g/mol. The SMILES string of the molecule is O=CCCCCCCC=C[C@H]1[C@@H]2CC(CCCCC(=O)O)=C[C@@H]2C[C@@H]1O. The lowest BCUT2D eigenvalue weighted by atomic mass is 9.88. The van der Waals surface area contributed by atoms with Crippen LogP contribution in [0.3, 0.4) is 0 Å². The smallest absolute Gasteiger partial charge is 0.303 e. The van der Waals surface area contributed by atoms with Gasteiger partial charge in [-0.2, -0.15) is 0 Å². The van der Waals surface area contributed by atoms with Crippen LogP contribution >= 0.6 is 0 Å². The molecule has 0 bridgehead atoms. The molecule has 0 aromatic rings. The topological polar surface area (TPSA) is 74.6 Å². The van der Waals surface area contributed by atoms with Gasteiger partial charge in [0, 0.05) is 18.8 Å².